The summed E-state index contributed by atoms with van der Waals surface area (Å²) in [6.45, 7) is 8.12. The second-order valence-electron chi connectivity index (χ2n) is 5.12. The molecular formula is C13H23ClN4. The summed E-state index contributed by atoms with van der Waals surface area (Å²) in [6.07, 6.45) is 2.43. The van der Waals surface area contributed by atoms with Gasteiger partial charge < -0.3 is 10.2 Å². The summed E-state index contributed by atoms with van der Waals surface area (Å²) in [6, 6.07) is 0.609. The Labute approximate surface area is 114 Å². The van der Waals surface area contributed by atoms with Crippen molar-refractivity contribution in [3.8, 4) is 0 Å². The van der Waals surface area contributed by atoms with Crippen LogP contribution in [-0.2, 0) is 13.1 Å². The van der Waals surface area contributed by atoms with Crippen molar-refractivity contribution in [1.82, 2.24) is 20.0 Å². The molecule has 0 aromatic carbocycles. The molecule has 0 aliphatic carbocycles. The fraction of sp³-hybridized carbons (Fsp3) is 0.769. The van der Waals surface area contributed by atoms with Crippen LogP contribution in [0.2, 0.25) is 5.02 Å². The summed E-state index contributed by atoms with van der Waals surface area (Å²) in [5, 5.41) is 8.87. The highest BCUT2D eigenvalue weighted by atomic mass is 35.5. The molecule has 0 radical (unpaired) electrons. The molecule has 0 atom stereocenters. The lowest BCUT2D eigenvalue weighted by molar-refractivity contribution is 0.233. The van der Waals surface area contributed by atoms with Gasteiger partial charge >= 0.3 is 0 Å². The predicted molar refractivity (Wildman–Crippen MR) is 75.0 cm³/mol. The standard InChI is InChI=1S/C13H23ClN4/c1-4-18-12(13(14)10(2)16-18)9-15-11-5-7-17(3)8-6-11/h11,15H,4-9H2,1-3H3. The largest absolute Gasteiger partial charge is 0.308 e. The van der Waals surface area contributed by atoms with E-state index in [4.69, 9.17) is 11.6 Å². The Morgan fingerprint density at radius 3 is 2.67 bits per heavy atom. The van der Waals surface area contributed by atoms with Crippen molar-refractivity contribution in [3.63, 3.8) is 0 Å². The predicted octanol–water partition coefficient (Wildman–Crippen LogP) is 2.05. The van der Waals surface area contributed by atoms with Gasteiger partial charge in [-0.15, -0.1) is 0 Å². The first-order valence-corrected chi connectivity index (χ1v) is 7.13. The maximum absolute atomic E-state index is 6.30. The van der Waals surface area contributed by atoms with E-state index in [1.807, 2.05) is 11.6 Å². The lowest BCUT2D eigenvalue weighted by Crippen LogP contribution is -2.40. The molecule has 1 aromatic rings. The van der Waals surface area contributed by atoms with Crippen LogP contribution >= 0.6 is 11.6 Å². The van der Waals surface area contributed by atoms with Crippen molar-refractivity contribution in [3.05, 3.63) is 16.4 Å². The smallest absolute Gasteiger partial charge is 0.0860 e. The number of hydrogen-bond acceptors (Lipinski definition) is 3. The molecule has 0 spiro atoms. The van der Waals surface area contributed by atoms with Crippen LogP contribution in [-0.4, -0.2) is 40.9 Å². The van der Waals surface area contributed by atoms with Gasteiger partial charge in [-0.1, -0.05) is 11.6 Å². The molecule has 1 N–H and O–H groups in total. The molecule has 1 fully saturated rings. The Bertz CT molecular complexity index is 394. The molecular weight excluding hydrogens is 248 g/mol. The van der Waals surface area contributed by atoms with E-state index in [9.17, 15) is 0 Å². The fourth-order valence-electron chi connectivity index (χ4n) is 2.49. The van der Waals surface area contributed by atoms with Crippen molar-refractivity contribution < 1.29 is 0 Å². The summed E-state index contributed by atoms with van der Waals surface area (Å²) in [5.74, 6) is 0. The van der Waals surface area contributed by atoms with Gasteiger partial charge in [-0.25, -0.2) is 0 Å². The normalized spacial score (nSPS) is 18.4. The second-order valence-corrected chi connectivity index (χ2v) is 5.50. The molecule has 1 aliphatic rings. The molecule has 0 bridgehead atoms. The van der Waals surface area contributed by atoms with Crippen molar-refractivity contribution in [2.45, 2.75) is 45.8 Å². The SMILES string of the molecule is CCn1nc(C)c(Cl)c1CNC1CCN(C)CC1. The first-order valence-electron chi connectivity index (χ1n) is 6.75. The van der Waals surface area contributed by atoms with Gasteiger partial charge in [-0.3, -0.25) is 4.68 Å². The number of nitrogens with zero attached hydrogens (tertiary/aromatic N) is 3. The molecule has 0 unspecified atom stereocenters. The number of rotatable bonds is 4. The number of hydrogen-bond donors (Lipinski definition) is 1. The molecule has 4 nitrogen and oxygen atoms in total. The minimum Gasteiger partial charge on any atom is -0.308 e. The van der Waals surface area contributed by atoms with Gasteiger partial charge in [0.1, 0.15) is 0 Å². The third-order valence-corrected chi connectivity index (χ3v) is 4.22. The number of piperidine rings is 1. The zero-order chi connectivity index (χ0) is 13.1. The molecule has 2 rings (SSSR count). The molecule has 0 saturated carbocycles. The Balaban J connectivity index is 1.93. The average Bonchev–Trinajstić information content (AvgIpc) is 2.65. The lowest BCUT2D eigenvalue weighted by atomic mass is 10.1. The zero-order valence-electron chi connectivity index (χ0n) is 11.5. The summed E-state index contributed by atoms with van der Waals surface area (Å²) in [4.78, 5) is 2.38. The van der Waals surface area contributed by atoms with Crippen LogP contribution in [0.4, 0.5) is 0 Å². The Hall–Kier alpha value is -0.580. The van der Waals surface area contributed by atoms with Crippen LogP contribution in [0, 0.1) is 6.92 Å². The molecule has 1 aromatic heterocycles. The van der Waals surface area contributed by atoms with Gasteiger partial charge in [0.05, 0.1) is 16.4 Å². The van der Waals surface area contributed by atoms with E-state index in [2.05, 4.69) is 29.3 Å². The topological polar surface area (TPSA) is 33.1 Å². The fourth-order valence-corrected chi connectivity index (χ4v) is 2.69. The summed E-state index contributed by atoms with van der Waals surface area (Å²) >= 11 is 6.30. The zero-order valence-corrected chi connectivity index (χ0v) is 12.3. The monoisotopic (exact) mass is 270 g/mol. The number of aromatic nitrogens is 2. The minimum atomic E-state index is 0.609. The molecule has 2 heterocycles. The molecule has 5 heteroatoms. The van der Waals surface area contributed by atoms with Crippen molar-refractivity contribution in [2.24, 2.45) is 0 Å². The van der Waals surface area contributed by atoms with E-state index >= 15 is 0 Å². The van der Waals surface area contributed by atoms with Gasteiger partial charge in [0.15, 0.2) is 0 Å². The summed E-state index contributed by atoms with van der Waals surface area (Å²) < 4.78 is 2.00. The van der Waals surface area contributed by atoms with Crippen LogP contribution in [0.3, 0.4) is 0 Å². The molecule has 102 valence electrons. The number of likely N-dealkylation sites (tertiary alicyclic amines) is 1. The number of aryl methyl sites for hydroxylation is 2. The highest BCUT2D eigenvalue weighted by Crippen LogP contribution is 2.20. The van der Waals surface area contributed by atoms with E-state index in [1.54, 1.807) is 0 Å². The molecule has 1 saturated heterocycles. The van der Waals surface area contributed by atoms with Crippen molar-refractivity contribution in [1.29, 1.82) is 0 Å². The van der Waals surface area contributed by atoms with Crippen LogP contribution < -0.4 is 5.32 Å². The first kappa shape index (κ1) is 13.8. The van der Waals surface area contributed by atoms with Crippen LogP contribution in [0.15, 0.2) is 0 Å². The van der Waals surface area contributed by atoms with E-state index in [0.717, 1.165) is 29.5 Å². The van der Waals surface area contributed by atoms with Crippen molar-refractivity contribution >= 4 is 11.6 Å². The van der Waals surface area contributed by atoms with Gasteiger partial charge in [0, 0.05) is 19.1 Å². The number of nitrogens with one attached hydrogen (secondary N) is 1. The Kier molecular flexibility index (Phi) is 4.65. The van der Waals surface area contributed by atoms with E-state index in [0.29, 0.717) is 6.04 Å². The third-order valence-electron chi connectivity index (χ3n) is 3.73. The van der Waals surface area contributed by atoms with Crippen molar-refractivity contribution in [2.75, 3.05) is 20.1 Å². The maximum atomic E-state index is 6.30. The van der Waals surface area contributed by atoms with E-state index in [-0.39, 0.29) is 0 Å². The maximum Gasteiger partial charge on any atom is 0.0860 e. The molecule has 0 amide bonds. The Morgan fingerprint density at radius 1 is 1.39 bits per heavy atom. The third kappa shape index (κ3) is 3.05. The second kappa shape index (κ2) is 6.04. The van der Waals surface area contributed by atoms with Crippen LogP contribution in [0.1, 0.15) is 31.2 Å². The minimum absolute atomic E-state index is 0.609. The summed E-state index contributed by atoms with van der Waals surface area (Å²) in [7, 11) is 2.18. The van der Waals surface area contributed by atoms with Gasteiger partial charge in [-0.2, -0.15) is 5.10 Å². The quantitative estimate of drug-likeness (QED) is 0.909. The lowest BCUT2D eigenvalue weighted by Gasteiger charge is -2.29. The molecule has 18 heavy (non-hydrogen) atoms. The van der Waals surface area contributed by atoms with Crippen LogP contribution in [0.5, 0.6) is 0 Å². The van der Waals surface area contributed by atoms with Crippen LogP contribution in [0.25, 0.3) is 0 Å². The summed E-state index contributed by atoms with van der Waals surface area (Å²) in [5.41, 5.74) is 2.05. The number of halogens is 1. The molecule has 1 aliphatic heterocycles. The highest BCUT2D eigenvalue weighted by Gasteiger charge is 2.18. The van der Waals surface area contributed by atoms with Gasteiger partial charge in [0.25, 0.3) is 0 Å². The van der Waals surface area contributed by atoms with Gasteiger partial charge in [-0.05, 0) is 46.8 Å². The highest BCUT2D eigenvalue weighted by molar-refractivity contribution is 6.31. The first-order chi connectivity index (χ1) is 8.61. The van der Waals surface area contributed by atoms with E-state index in [1.165, 1.54) is 25.9 Å². The van der Waals surface area contributed by atoms with Gasteiger partial charge in [0.2, 0.25) is 0 Å². The average molecular weight is 271 g/mol. The van der Waals surface area contributed by atoms with E-state index < -0.39 is 0 Å². The Morgan fingerprint density at radius 2 is 2.06 bits per heavy atom.